The highest BCUT2D eigenvalue weighted by Crippen LogP contribution is 2.31. The van der Waals surface area contributed by atoms with Crippen LogP contribution in [0.1, 0.15) is 28.8 Å². The Balaban J connectivity index is 1.98. The zero-order valence-electron chi connectivity index (χ0n) is 12.1. The standard InChI is InChI=1S/C15H16N2O4S/c1-2-11-4-6-14(21-11)15(18)17-8-7-10-3-5-12(9-13(10)17)22(16,19)20/h3-6,9H,2,7-8H2,1H3,(H2,16,19,20). The number of fused-ring (bicyclic) bond motifs is 1. The van der Waals surface area contributed by atoms with Crippen molar-refractivity contribution >= 4 is 21.6 Å². The molecule has 2 heterocycles. The molecule has 2 aromatic rings. The largest absolute Gasteiger partial charge is 0.456 e. The molecule has 0 unspecified atom stereocenters. The number of benzene rings is 1. The molecule has 0 spiro atoms. The van der Waals surface area contributed by atoms with E-state index in [1.54, 1.807) is 18.2 Å². The average Bonchev–Trinajstić information content (AvgIpc) is 3.11. The molecule has 116 valence electrons. The predicted octanol–water partition coefficient (Wildman–Crippen LogP) is 1.69. The second-order valence-electron chi connectivity index (χ2n) is 5.16. The highest BCUT2D eigenvalue weighted by molar-refractivity contribution is 7.89. The predicted molar refractivity (Wildman–Crippen MR) is 81.3 cm³/mol. The molecule has 0 fully saturated rings. The van der Waals surface area contributed by atoms with E-state index < -0.39 is 10.0 Å². The summed E-state index contributed by atoms with van der Waals surface area (Å²) in [6.45, 7) is 2.43. The van der Waals surface area contributed by atoms with Crippen LogP contribution in [0.2, 0.25) is 0 Å². The van der Waals surface area contributed by atoms with Crippen molar-refractivity contribution in [1.29, 1.82) is 0 Å². The fraction of sp³-hybridized carbons (Fsp3) is 0.267. The second-order valence-corrected chi connectivity index (χ2v) is 6.72. The zero-order valence-corrected chi connectivity index (χ0v) is 12.9. The number of rotatable bonds is 3. The molecule has 1 aromatic heterocycles. The van der Waals surface area contributed by atoms with E-state index in [1.165, 1.54) is 17.0 Å². The normalized spacial score (nSPS) is 14.2. The minimum Gasteiger partial charge on any atom is -0.456 e. The molecule has 0 atom stereocenters. The van der Waals surface area contributed by atoms with Gasteiger partial charge in [0.1, 0.15) is 5.76 Å². The number of amides is 1. The number of primary sulfonamides is 1. The lowest BCUT2D eigenvalue weighted by atomic mass is 10.2. The van der Waals surface area contributed by atoms with Gasteiger partial charge in [0, 0.05) is 18.7 Å². The Hall–Kier alpha value is -2.12. The number of aryl methyl sites for hydroxylation is 1. The molecule has 1 amide bonds. The maximum atomic E-state index is 12.6. The van der Waals surface area contributed by atoms with Crippen LogP contribution >= 0.6 is 0 Å². The molecule has 0 aliphatic carbocycles. The van der Waals surface area contributed by atoms with E-state index in [0.29, 0.717) is 25.1 Å². The first kappa shape index (κ1) is 14.8. The summed E-state index contributed by atoms with van der Waals surface area (Å²) in [4.78, 5) is 14.1. The van der Waals surface area contributed by atoms with Crippen LogP contribution in [0.25, 0.3) is 0 Å². The first-order valence-electron chi connectivity index (χ1n) is 6.96. The Bertz CT molecular complexity index is 839. The third-order valence-electron chi connectivity index (χ3n) is 3.75. The van der Waals surface area contributed by atoms with Crippen molar-refractivity contribution in [2.24, 2.45) is 5.14 Å². The Kier molecular flexibility index (Phi) is 3.54. The van der Waals surface area contributed by atoms with E-state index >= 15 is 0 Å². The second kappa shape index (κ2) is 5.26. The lowest BCUT2D eigenvalue weighted by molar-refractivity contribution is 0.0961. The van der Waals surface area contributed by atoms with Crippen LogP contribution in [0.4, 0.5) is 5.69 Å². The molecule has 0 saturated heterocycles. The number of sulfonamides is 1. The zero-order chi connectivity index (χ0) is 15.9. The first-order chi connectivity index (χ1) is 10.4. The van der Waals surface area contributed by atoms with Crippen LogP contribution in [0, 0.1) is 0 Å². The van der Waals surface area contributed by atoms with E-state index in [4.69, 9.17) is 9.56 Å². The van der Waals surface area contributed by atoms with Gasteiger partial charge >= 0.3 is 0 Å². The van der Waals surface area contributed by atoms with Gasteiger partial charge in [-0.15, -0.1) is 0 Å². The summed E-state index contributed by atoms with van der Waals surface area (Å²) in [7, 11) is -3.80. The third kappa shape index (κ3) is 2.53. The topological polar surface area (TPSA) is 93.6 Å². The van der Waals surface area contributed by atoms with Gasteiger partial charge in [-0.25, -0.2) is 13.6 Å². The highest BCUT2D eigenvalue weighted by atomic mass is 32.2. The maximum absolute atomic E-state index is 12.6. The smallest absolute Gasteiger partial charge is 0.293 e. The molecule has 1 aromatic carbocycles. The van der Waals surface area contributed by atoms with E-state index in [1.807, 2.05) is 6.92 Å². The number of hydrogen-bond acceptors (Lipinski definition) is 4. The SMILES string of the molecule is CCc1ccc(C(=O)N2CCc3ccc(S(N)(=O)=O)cc32)o1. The van der Waals surface area contributed by atoms with Gasteiger partial charge in [-0.1, -0.05) is 13.0 Å². The molecule has 2 N–H and O–H groups in total. The van der Waals surface area contributed by atoms with E-state index in [0.717, 1.165) is 11.3 Å². The lowest BCUT2D eigenvalue weighted by Crippen LogP contribution is -2.28. The van der Waals surface area contributed by atoms with Gasteiger partial charge in [0.2, 0.25) is 10.0 Å². The number of anilines is 1. The minimum absolute atomic E-state index is 0.000331. The summed E-state index contributed by atoms with van der Waals surface area (Å²) < 4.78 is 28.4. The summed E-state index contributed by atoms with van der Waals surface area (Å²) in [5.41, 5.74) is 1.49. The van der Waals surface area contributed by atoms with Crippen LogP contribution < -0.4 is 10.0 Å². The van der Waals surface area contributed by atoms with Crippen molar-refractivity contribution in [2.75, 3.05) is 11.4 Å². The van der Waals surface area contributed by atoms with Gasteiger partial charge in [-0.05, 0) is 36.2 Å². The number of nitrogens with two attached hydrogens (primary N) is 1. The minimum atomic E-state index is -3.80. The molecule has 3 rings (SSSR count). The van der Waals surface area contributed by atoms with E-state index in [-0.39, 0.29) is 16.6 Å². The summed E-state index contributed by atoms with van der Waals surface area (Å²) in [6, 6.07) is 8.01. The molecule has 1 aliphatic heterocycles. The van der Waals surface area contributed by atoms with Crippen LogP contribution in [0.5, 0.6) is 0 Å². The molecular formula is C15H16N2O4S. The Morgan fingerprint density at radius 3 is 2.73 bits per heavy atom. The number of furan rings is 1. The fourth-order valence-electron chi connectivity index (χ4n) is 2.56. The van der Waals surface area contributed by atoms with Crippen molar-refractivity contribution in [1.82, 2.24) is 0 Å². The number of carbonyl (C=O) groups excluding carboxylic acids is 1. The van der Waals surface area contributed by atoms with Crippen molar-refractivity contribution in [3.63, 3.8) is 0 Å². The van der Waals surface area contributed by atoms with Gasteiger partial charge in [0.05, 0.1) is 4.90 Å². The number of nitrogens with zero attached hydrogens (tertiary/aromatic N) is 1. The molecule has 0 radical (unpaired) electrons. The number of carbonyl (C=O) groups is 1. The lowest BCUT2D eigenvalue weighted by Gasteiger charge is -2.16. The Morgan fingerprint density at radius 2 is 2.09 bits per heavy atom. The van der Waals surface area contributed by atoms with Gasteiger partial charge in [-0.3, -0.25) is 4.79 Å². The molecule has 22 heavy (non-hydrogen) atoms. The van der Waals surface area contributed by atoms with Crippen LogP contribution in [0.15, 0.2) is 39.6 Å². The molecule has 7 heteroatoms. The van der Waals surface area contributed by atoms with Crippen LogP contribution in [-0.4, -0.2) is 20.9 Å². The van der Waals surface area contributed by atoms with Crippen molar-refractivity contribution in [3.8, 4) is 0 Å². The maximum Gasteiger partial charge on any atom is 0.293 e. The summed E-state index contributed by atoms with van der Waals surface area (Å²) in [6.07, 6.45) is 1.38. The molecule has 6 nitrogen and oxygen atoms in total. The molecular weight excluding hydrogens is 304 g/mol. The molecule has 0 saturated carbocycles. The fourth-order valence-corrected chi connectivity index (χ4v) is 3.10. The average molecular weight is 320 g/mol. The monoisotopic (exact) mass is 320 g/mol. The highest BCUT2D eigenvalue weighted by Gasteiger charge is 2.28. The Labute approximate surface area is 128 Å². The van der Waals surface area contributed by atoms with Crippen molar-refractivity contribution < 1.29 is 17.6 Å². The molecule has 1 aliphatic rings. The number of hydrogen-bond donors (Lipinski definition) is 1. The summed E-state index contributed by atoms with van der Waals surface area (Å²) >= 11 is 0. The van der Waals surface area contributed by atoms with Crippen molar-refractivity contribution in [2.45, 2.75) is 24.7 Å². The summed E-state index contributed by atoms with van der Waals surface area (Å²) in [5, 5.41) is 5.16. The molecule has 0 bridgehead atoms. The van der Waals surface area contributed by atoms with Gasteiger partial charge in [0.15, 0.2) is 5.76 Å². The van der Waals surface area contributed by atoms with E-state index in [9.17, 15) is 13.2 Å². The van der Waals surface area contributed by atoms with Crippen LogP contribution in [0.3, 0.4) is 0 Å². The Morgan fingerprint density at radius 1 is 1.32 bits per heavy atom. The van der Waals surface area contributed by atoms with Gasteiger partial charge in [-0.2, -0.15) is 0 Å². The van der Waals surface area contributed by atoms with Gasteiger partial charge in [0.25, 0.3) is 5.91 Å². The summed E-state index contributed by atoms with van der Waals surface area (Å²) in [5.74, 6) is 0.719. The third-order valence-corrected chi connectivity index (χ3v) is 4.66. The first-order valence-corrected chi connectivity index (χ1v) is 8.51. The van der Waals surface area contributed by atoms with Crippen LogP contribution in [-0.2, 0) is 22.9 Å². The quantitative estimate of drug-likeness (QED) is 0.931. The van der Waals surface area contributed by atoms with E-state index in [2.05, 4.69) is 0 Å². The van der Waals surface area contributed by atoms with Gasteiger partial charge < -0.3 is 9.32 Å². The van der Waals surface area contributed by atoms with Crippen molar-refractivity contribution in [3.05, 3.63) is 47.4 Å².